The van der Waals surface area contributed by atoms with Crippen LogP contribution in [0.3, 0.4) is 0 Å². The van der Waals surface area contributed by atoms with Crippen molar-refractivity contribution < 1.29 is 14.8 Å². The molecule has 0 radical (unpaired) electrons. The van der Waals surface area contributed by atoms with Gasteiger partial charge in [-0.3, -0.25) is 14.9 Å². The number of nitrogens with zero attached hydrogens (tertiary/aromatic N) is 2. The first kappa shape index (κ1) is 13.8. The summed E-state index contributed by atoms with van der Waals surface area (Å²) in [6.45, 7) is 0.327. The Morgan fingerprint density at radius 3 is 2.74 bits per heavy atom. The highest BCUT2D eigenvalue weighted by Crippen LogP contribution is 2.35. The molecule has 0 saturated heterocycles. The monoisotopic (exact) mass is 328 g/mol. The van der Waals surface area contributed by atoms with Gasteiger partial charge in [0.1, 0.15) is 12.2 Å². The molecule has 0 aliphatic heterocycles. The van der Waals surface area contributed by atoms with Gasteiger partial charge >= 0.3 is 5.97 Å². The van der Waals surface area contributed by atoms with E-state index in [2.05, 4.69) is 15.9 Å². The van der Waals surface area contributed by atoms with E-state index in [9.17, 15) is 14.9 Å². The zero-order valence-corrected chi connectivity index (χ0v) is 11.7. The Morgan fingerprint density at radius 1 is 1.53 bits per heavy atom. The second kappa shape index (κ2) is 5.56. The Hall–Kier alpha value is -1.63. The van der Waals surface area contributed by atoms with Gasteiger partial charge in [0.05, 0.1) is 4.92 Å². The number of nitro benzene ring substituents is 1. The van der Waals surface area contributed by atoms with Crippen LogP contribution in [-0.2, 0) is 4.79 Å². The van der Waals surface area contributed by atoms with Crippen LogP contribution in [0, 0.1) is 16.0 Å². The lowest BCUT2D eigenvalue weighted by Gasteiger charge is -2.22. The fourth-order valence-corrected chi connectivity index (χ4v) is 2.28. The second-order valence-electron chi connectivity index (χ2n) is 4.61. The van der Waals surface area contributed by atoms with Gasteiger partial charge in [0.25, 0.3) is 5.69 Å². The predicted octanol–water partition coefficient (Wildman–Crippen LogP) is 2.66. The molecule has 2 rings (SSSR count). The lowest BCUT2D eigenvalue weighted by atomic mass is 10.2. The summed E-state index contributed by atoms with van der Waals surface area (Å²) in [4.78, 5) is 23.1. The second-order valence-corrected chi connectivity index (χ2v) is 5.52. The van der Waals surface area contributed by atoms with Crippen molar-refractivity contribution in [3.63, 3.8) is 0 Å². The Balaban J connectivity index is 2.33. The average molecular weight is 329 g/mol. The van der Waals surface area contributed by atoms with E-state index in [1.807, 2.05) is 0 Å². The van der Waals surface area contributed by atoms with Crippen molar-refractivity contribution >= 4 is 33.3 Å². The summed E-state index contributed by atoms with van der Waals surface area (Å²) < 4.78 is 0.602. The summed E-state index contributed by atoms with van der Waals surface area (Å²) in [5.41, 5.74) is 0.291. The van der Waals surface area contributed by atoms with Crippen LogP contribution in [-0.4, -0.2) is 29.1 Å². The number of carboxylic acids is 1. The third-order valence-electron chi connectivity index (χ3n) is 2.98. The molecular weight excluding hydrogens is 316 g/mol. The molecule has 1 aromatic rings. The van der Waals surface area contributed by atoms with Gasteiger partial charge in [-0.1, -0.05) is 15.9 Å². The van der Waals surface area contributed by atoms with Crippen LogP contribution in [0.2, 0.25) is 0 Å². The molecule has 1 fully saturated rings. The van der Waals surface area contributed by atoms with Gasteiger partial charge < -0.3 is 10.0 Å². The Morgan fingerprint density at radius 2 is 2.21 bits per heavy atom. The zero-order chi connectivity index (χ0) is 14.0. The van der Waals surface area contributed by atoms with E-state index in [4.69, 9.17) is 5.11 Å². The van der Waals surface area contributed by atoms with Gasteiger partial charge in [-0.05, 0) is 30.9 Å². The zero-order valence-electron chi connectivity index (χ0n) is 10.1. The van der Waals surface area contributed by atoms with Crippen LogP contribution in [0.4, 0.5) is 11.4 Å². The normalized spacial score (nSPS) is 14.2. The van der Waals surface area contributed by atoms with E-state index in [0.717, 1.165) is 12.8 Å². The van der Waals surface area contributed by atoms with Crippen molar-refractivity contribution in [3.05, 3.63) is 32.8 Å². The lowest BCUT2D eigenvalue weighted by Crippen LogP contribution is -2.32. The summed E-state index contributed by atoms with van der Waals surface area (Å²) in [5.74, 6) is -0.541. The number of carboxylic acid groups (broad SMARTS) is 1. The molecule has 6 nitrogen and oxygen atoms in total. The average Bonchev–Trinajstić information content (AvgIpc) is 3.11. The van der Waals surface area contributed by atoms with E-state index >= 15 is 0 Å². The van der Waals surface area contributed by atoms with E-state index in [-0.39, 0.29) is 12.2 Å². The Kier molecular flexibility index (Phi) is 4.04. The van der Waals surface area contributed by atoms with Gasteiger partial charge in [0, 0.05) is 17.1 Å². The third-order valence-corrected chi connectivity index (χ3v) is 3.47. The summed E-state index contributed by atoms with van der Waals surface area (Å²) in [6.07, 6.45) is 2.11. The number of rotatable bonds is 6. The van der Waals surface area contributed by atoms with E-state index < -0.39 is 10.9 Å². The van der Waals surface area contributed by atoms with Crippen LogP contribution < -0.4 is 4.90 Å². The van der Waals surface area contributed by atoms with Crippen molar-refractivity contribution in [1.82, 2.24) is 0 Å². The molecule has 1 aliphatic carbocycles. The fraction of sp³-hybridized carbons (Fsp3) is 0.417. The van der Waals surface area contributed by atoms with Crippen LogP contribution in [0.25, 0.3) is 0 Å². The summed E-state index contributed by atoms with van der Waals surface area (Å²) in [7, 11) is 0. The van der Waals surface area contributed by atoms with Crippen molar-refractivity contribution in [2.24, 2.45) is 5.92 Å². The number of benzene rings is 1. The molecule has 1 aromatic carbocycles. The highest BCUT2D eigenvalue weighted by molar-refractivity contribution is 9.10. The molecule has 0 amide bonds. The van der Waals surface area contributed by atoms with Gasteiger partial charge in [-0.15, -0.1) is 0 Å². The molecule has 1 aliphatic rings. The summed E-state index contributed by atoms with van der Waals surface area (Å²) in [6, 6.07) is 4.68. The Labute approximate surface area is 118 Å². The maximum atomic E-state index is 11.1. The minimum Gasteiger partial charge on any atom is -0.480 e. The number of halogens is 1. The molecular formula is C12H13BrN2O4. The largest absolute Gasteiger partial charge is 0.480 e. The van der Waals surface area contributed by atoms with Crippen LogP contribution >= 0.6 is 15.9 Å². The first-order chi connectivity index (χ1) is 8.97. The van der Waals surface area contributed by atoms with E-state index in [0.29, 0.717) is 22.6 Å². The number of nitro groups is 1. The fourth-order valence-electron chi connectivity index (χ4n) is 1.93. The molecule has 0 spiro atoms. The molecule has 0 unspecified atom stereocenters. The summed E-state index contributed by atoms with van der Waals surface area (Å²) in [5, 5.41) is 20.0. The third kappa shape index (κ3) is 3.66. The van der Waals surface area contributed by atoms with Gasteiger partial charge in [-0.25, -0.2) is 0 Å². The predicted molar refractivity (Wildman–Crippen MR) is 73.4 cm³/mol. The standard InChI is InChI=1S/C12H13BrN2O4/c13-9-3-4-10(11(5-9)15(18)19)14(7-12(16)17)6-8-1-2-8/h3-5,8H,1-2,6-7H2,(H,16,17). The van der Waals surface area contributed by atoms with Crippen molar-refractivity contribution in [3.8, 4) is 0 Å². The molecule has 0 bridgehead atoms. The first-order valence-corrected chi connectivity index (χ1v) is 6.67. The summed E-state index contributed by atoms with van der Waals surface area (Å²) >= 11 is 3.19. The molecule has 7 heteroatoms. The maximum Gasteiger partial charge on any atom is 0.323 e. The van der Waals surface area contributed by atoms with Crippen LogP contribution in [0.5, 0.6) is 0 Å². The lowest BCUT2D eigenvalue weighted by molar-refractivity contribution is -0.384. The molecule has 0 heterocycles. The molecule has 0 aromatic heterocycles. The van der Waals surface area contributed by atoms with E-state index in [1.54, 1.807) is 17.0 Å². The highest BCUT2D eigenvalue weighted by atomic mass is 79.9. The highest BCUT2D eigenvalue weighted by Gasteiger charge is 2.28. The molecule has 102 valence electrons. The Bertz CT molecular complexity index is 516. The molecule has 19 heavy (non-hydrogen) atoms. The molecule has 0 atom stereocenters. The molecule has 1 saturated carbocycles. The van der Waals surface area contributed by atoms with Gasteiger partial charge in [0.15, 0.2) is 0 Å². The van der Waals surface area contributed by atoms with Crippen molar-refractivity contribution in [2.75, 3.05) is 18.0 Å². The van der Waals surface area contributed by atoms with Gasteiger partial charge in [0.2, 0.25) is 0 Å². The van der Waals surface area contributed by atoms with Crippen LogP contribution in [0.15, 0.2) is 22.7 Å². The number of carbonyl (C=O) groups is 1. The minimum absolute atomic E-state index is 0.0729. The first-order valence-electron chi connectivity index (χ1n) is 5.88. The smallest absolute Gasteiger partial charge is 0.323 e. The van der Waals surface area contributed by atoms with Crippen LogP contribution in [0.1, 0.15) is 12.8 Å². The number of anilines is 1. The topological polar surface area (TPSA) is 83.7 Å². The van der Waals surface area contributed by atoms with E-state index in [1.165, 1.54) is 6.07 Å². The van der Waals surface area contributed by atoms with Crippen molar-refractivity contribution in [1.29, 1.82) is 0 Å². The quantitative estimate of drug-likeness (QED) is 0.641. The number of hydrogen-bond acceptors (Lipinski definition) is 4. The number of hydrogen-bond donors (Lipinski definition) is 1. The SMILES string of the molecule is O=C(O)CN(CC1CC1)c1ccc(Br)cc1[N+](=O)[O-]. The van der Waals surface area contributed by atoms with Crippen molar-refractivity contribution in [2.45, 2.75) is 12.8 Å². The number of aliphatic carboxylic acids is 1. The molecule has 1 N–H and O–H groups in total. The van der Waals surface area contributed by atoms with Gasteiger partial charge in [-0.2, -0.15) is 0 Å². The minimum atomic E-state index is -0.988. The maximum absolute atomic E-state index is 11.1.